The number of hydrogen-bond acceptors (Lipinski definition) is 8. The maximum absolute atomic E-state index is 13.2. The highest BCUT2D eigenvalue weighted by Crippen LogP contribution is 2.31. The van der Waals surface area contributed by atoms with E-state index in [1.165, 1.54) is 4.90 Å². The van der Waals surface area contributed by atoms with Crippen LogP contribution in [0.2, 0.25) is 5.02 Å². The molecule has 1 amide bonds. The number of hydrogen-bond donors (Lipinski definition) is 0. The number of aromatic nitrogens is 2. The Bertz CT molecular complexity index is 1300. The molecule has 0 saturated heterocycles. The highest BCUT2D eigenvalue weighted by molar-refractivity contribution is 7.90. The molecule has 0 N–H and O–H groups in total. The van der Waals surface area contributed by atoms with Crippen LogP contribution in [-0.4, -0.2) is 46.6 Å². The van der Waals surface area contributed by atoms with E-state index in [2.05, 4.69) is 10.2 Å². The molecule has 2 aromatic carbocycles. The summed E-state index contributed by atoms with van der Waals surface area (Å²) in [7, 11) is -3.76. The van der Waals surface area contributed by atoms with Crippen molar-refractivity contribution in [2.45, 2.75) is 30.3 Å². The zero-order chi connectivity index (χ0) is 23.0. The zero-order valence-electron chi connectivity index (χ0n) is 16.8. The summed E-state index contributed by atoms with van der Waals surface area (Å²) in [6.07, 6.45) is 2.42. The van der Waals surface area contributed by atoms with Crippen LogP contribution >= 0.6 is 11.6 Å². The van der Waals surface area contributed by atoms with Gasteiger partial charge in [0.05, 0.1) is 16.4 Å². The molecule has 1 aliphatic carbocycles. The van der Waals surface area contributed by atoms with E-state index in [1.807, 2.05) is 0 Å². The van der Waals surface area contributed by atoms with Gasteiger partial charge in [0.2, 0.25) is 11.8 Å². The van der Waals surface area contributed by atoms with Gasteiger partial charge in [-0.2, -0.15) is 0 Å². The molecule has 4 rings (SSSR count). The van der Waals surface area contributed by atoms with Crippen LogP contribution in [0.1, 0.15) is 29.1 Å². The Morgan fingerprint density at radius 3 is 2.50 bits per heavy atom. The van der Waals surface area contributed by atoms with Crippen LogP contribution in [0.25, 0.3) is 11.5 Å². The van der Waals surface area contributed by atoms with Gasteiger partial charge in [-0.1, -0.05) is 11.6 Å². The minimum absolute atomic E-state index is 0.0129. The second-order valence-electron chi connectivity index (χ2n) is 7.42. The average molecular weight is 477 g/mol. The van der Waals surface area contributed by atoms with Crippen LogP contribution in [0, 0.1) is 10.1 Å². The van der Waals surface area contributed by atoms with E-state index < -0.39 is 26.4 Å². The predicted octanol–water partition coefficient (Wildman–Crippen LogP) is 3.51. The molecular weight excluding hydrogens is 460 g/mol. The Kier molecular flexibility index (Phi) is 5.70. The molecular formula is C20H17ClN4O6S. The molecule has 3 aromatic rings. The predicted molar refractivity (Wildman–Crippen MR) is 114 cm³/mol. The van der Waals surface area contributed by atoms with Gasteiger partial charge in [0, 0.05) is 40.6 Å². The van der Waals surface area contributed by atoms with Crippen LogP contribution in [0.15, 0.2) is 51.8 Å². The monoisotopic (exact) mass is 476 g/mol. The van der Waals surface area contributed by atoms with Gasteiger partial charge in [-0.05, 0) is 43.2 Å². The van der Waals surface area contributed by atoms with Crippen molar-refractivity contribution in [3.05, 3.63) is 69.1 Å². The van der Waals surface area contributed by atoms with Crippen LogP contribution in [-0.2, 0) is 16.4 Å². The first kappa shape index (κ1) is 21.9. The van der Waals surface area contributed by atoms with E-state index >= 15 is 0 Å². The average Bonchev–Trinajstić information content (AvgIpc) is 3.49. The van der Waals surface area contributed by atoms with E-state index in [1.54, 1.807) is 24.3 Å². The van der Waals surface area contributed by atoms with Crippen LogP contribution < -0.4 is 0 Å². The molecule has 32 heavy (non-hydrogen) atoms. The van der Waals surface area contributed by atoms with Gasteiger partial charge >= 0.3 is 0 Å². The van der Waals surface area contributed by atoms with E-state index in [0.29, 0.717) is 10.6 Å². The summed E-state index contributed by atoms with van der Waals surface area (Å²) in [6.45, 7) is -0.0129. The van der Waals surface area contributed by atoms with Crippen molar-refractivity contribution in [1.29, 1.82) is 0 Å². The third kappa shape index (κ3) is 4.78. The third-order valence-electron chi connectivity index (χ3n) is 4.89. The summed E-state index contributed by atoms with van der Waals surface area (Å²) in [6, 6.07) is 9.86. The Morgan fingerprint density at radius 2 is 1.91 bits per heavy atom. The number of nitrogens with zero attached hydrogens (tertiary/aromatic N) is 4. The molecule has 0 aliphatic heterocycles. The van der Waals surface area contributed by atoms with Gasteiger partial charge in [-0.15, -0.1) is 10.2 Å². The van der Waals surface area contributed by atoms with Crippen molar-refractivity contribution in [2.24, 2.45) is 0 Å². The second-order valence-corrected chi connectivity index (χ2v) is 9.87. The molecule has 0 unspecified atom stereocenters. The Labute approximate surface area is 187 Å². The zero-order valence-corrected chi connectivity index (χ0v) is 18.3. The molecule has 166 valence electrons. The normalized spacial score (nSPS) is 13.7. The number of nitro groups is 1. The number of carbonyl (C=O) groups excluding carboxylic acids is 1. The van der Waals surface area contributed by atoms with Gasteiger partial charge < -0.3 is 9.32 Å². The summed E-state index contributed by atoms with van der Waals surface area (Å²) < 4.78 is 29.6. The first-order chi connectivity index (χ1) is 15.1. The number of carbonyl (C=O) groups is 1. The summed E-state index contributed by atoms with van der Waals surface area (Å²) in [4.78, 5) is 24.9. The van der Waals surface area contributed by atoms with Crippen molar-refractivity contribution in [3.8, 4) is 11.5 Å². The van der Waals surface area contributed by atoms with E-state index in [0.717, 1.165) is 37.3 Å². The number of non-ortho nitro benzene ring substituents is 1. The molecule has 12 heteroatoms. The minimum atomic E-state index is -3.76. The van der Waals surface area contributed by atoms with Crippen molar-refractivity contribution in [3.63, 3.8) is 0 Å². The van der Waals surface area contributed by atoms with Gasteiger partial charge in [0.1, 0.15) is 0 Å². The summed E-state index contributed by atoms with van der Waals surface area (Å²) >= 11 is 5.89. The largest absolute Gasteiger partial charge is 0.419 e. The van der Waals surface area contributed by atoms with E-state index in [4.69, 9.17) is 16.0 Å². The highest BCUT2D eigenvalue weighted by Gasteiger charge is 2.35. The first-order valence-electron chi connectivity index (χ1n) is 9.50. The van der Waals surface area contributed by atoms with Crippen LogP contribution in [0.3, 0.4) is 0 Å². The van der Waals surface area contributed by atoms with E-state index in [9.17, 15) is 23.3 Å². The molecule has 1 saturated carbocycles. The minimum Gasteiger partial charge on any atom is -0.419 e. The van der Waals surface area contributed by atoms with E-state index in [-0.39, 0.29) is 34.8 Å². The lowest BCUT2D eigenvalue weighted by Gasteiger charge is -2.20. The lowest BCUT2D eigenvalue weighted by molar-refractivity contribution is -0.385. The Hall–Kier alpha value is -3.31. The van der Waals surface area contributed by atoms with Crippen molar-refractivity contribution in [1.82, 2.24) is 15.1 Å². The molecule has 1 fully saturated rings. The fourth-order valence-electron chi connectivity index (χ4n) is 3.12. The number of amides is 1. The van der Waals surface area contributed by atoms with Crippen LogP contribution in [0.4, 0.5) is 5.69 Å². The maximum Gasteiger partial charge on any atom is 0.271 e. The summed E-state index contributed by atoms with van der Waals surface area (Å²) in [5, 5.41) is 19.8. The molecule has 0 radical (unpaired) electrons. The molecule has 0 bridgehead atoms. The molecule has 1 aliphatic rings. The smallest absolute Gasteiger partial charge is 0.271 e. The summed E-state index contributed by atoms with van der Waals surface area (Å²) in [5.41, 5.74) is 0.0905. The lowest BCUT2D eigenvalue weighted by Crippen LogP contribution is -2.33. The van der Waals surface area contributed by atoms with Crippen molar-refractivity contribution >= 4 is 33.0 Å². The maximum atomic E-state index is 13.2. The molecule has 0 spiro atoms. The number of nitro benzene ring substituents is 1. The SMILES string of the molecule is CS(=O)(=O)c1cc(C(=O)N(Cc2nnc(-c3ccc(Cl)cc3)o2)C2CC2)cc([N+](=O)[O-])c1. The standard InChI is InChI=1S/C20H17ClN4O6S/c1-32(29,30)17-9-13(8-16(10-17)25(27)28)20(26)24(15-6-7-15)11-18-22-23-19(31-18)12-2-4-14(21)5-3-12/h2-5,8-10,15H,6-7,11H2,1H3. The number of sulfone groups is 1. The second kappa shape index (κ2) is 8.32. The quantitative estimate of drug-likeness (QED) is 0.373. The fraction of sp³-hybridized carbons (Fsp3) is 0.250. The first-order valence-corrected chi connectivity index (χ1v) is 11.8. The lowest BCUT2D eigenvalue weighted by atomic mass is 10.1. The molecule has 1 heterocycles. The van der Waals surface area contributed by atoms with Crippen LogP contribution in [0.5, 0.6) is 0 Å². The van der Waals surface area contributed by atoms with Gasteiger partial charge in [-0.25, -0.2) is 8.42 Å². The highest BCUT2D eigenvalue weighted by atomic mass is 35.5. The summed E-state index contributed by atoms with van der Waals surface area (Å²) in [5.74, 6) is -0.106. The topological polar surface area (TPSA) is 137 Å². The van der Waals surface area contributed by atoms with Gasteiger partial charge in [-0.3, -0.25) is 14.9 Å². The molecule has 10 nitrogen and oxygen atoms in total. The number of halogens is 1. The van der Waals surface area contributed by atoms with Crippen molar-refractivity contribution in [2.75, 3.05) is 6.26 Å². The Morgan fingerprint density at radius 1 is 1.22 bits per heavy atom. The number of benzene rings is 2. The molecule has 0 atom stereocenters. The van der Waals surface area contributed by atoms with Gasteiger partial charge in [0.25, 0.3) is 11.6 Å². The number of rotatable bonds is 7. The fourth-order valence-corrected chi connectivity index (χ4v) is 3.92. The molecule has 1 aromatic heterocycles. The third-order valence-corrected chi connectivity index (χ3v) is 6.23. The van der Waals surface area contributed by atoms with Crippen molar-refractivity contribution < 1.29 is 22.6 Å². The van der Waals surface area contributed by atoms with Gasteiger partial charge in [0.15, 0.2) is 9.84 Å². The Balaban J connectivity index is 1.63.